The lowest BCUT2D eigenvalue weighted by atomic mass is 10.1. The molecule has 0 aliphatic rings. The molecular formula is C14H22OSi. The third-order valence-electron chi connectivity index (χ3n) is 2.31. The summed E-state index contributed by atoms with van der Waals surface area (Å²) < 4.78 is 6.02. The minimum atomic E-state index is -0.911. The van der Waals surface area contributed by atoms with Crippen molar-refractivity contribution in [2.24, 2.45) is 0 Å². The van der Waals surface area contributed by atoms with Crippen LogP contribution in [0.5, 0.6) is 5.75 Å². The third-order valence-corrected chi connectivity index (χ3v) is 4.09. The molecule has 0 spiro atoms. The van der Waals surface area contributed by atoms with Crippen LogP contribution in [0.15, 0.2) is 24.8 Å². The maximum atomic E-state index is 6.02. The van der Waals surface area contributed by atoms with Crippen molar-refractivity contribution in [2.75, 3.05) is 0 Å². The van der Waals surface area contributed by atoms with Crippen LogP contribution in [0.3, 0.4) is 0 Å². The Morgan fingerprint density at radius 3 is 2.31 bits per heavy atom. The van der Waals surface area contributed by atoms with Crippen LogP contribution in [0, 0.1) is 0 Å². The summed E-state index contributed by atoms with van der Waals surface area (Å²) in [5.41, 5.74) is 1.08. The molecule has 1 nitrogen and oxygen atoms in total. The lowest BCUT2D eigenvalue weighted by Gasteiger charge is -2.25. The van der Waals surface area contributed by atoms with Crippen LogP contribution in [-0.2, 0) is 0 Å². The van der Waals surface area contributed by atoms with E-state index in [9.17, 15) is 0 Å². The molecule has 1 rings (SSSR count). The smallest absolute Gasteiger partial charge is 0.119 e. The van der Waals surface area contributed by atoms with Crippen LogP contribution in [0.4, 0.5) is 0 Å². The standard InChI is InChI=1S/C14H22OSi/c1-7-11-9-8-10-12(13(11)16(5)6)15-14(2,3)4/h7-10,16H,1H2,2-6H3. The highest BCUT2D eigenvalue weighted by Gasteiger charge is 2.17. The van der Waals surface area contributed by atoms with Crippen LogP contribution in [0.2, 0.25) is 13.1 Å². The average Bonchev–Trinajstić information content (AvgIpc) is 2.14. The van der Waals surface area contributed by atoms with Crippen molar-refractivity contribution in [1.29, 1.82) is 0 Å². The molecule has 1 aromatic rings. The summed E-state index contributed by atoms with van der Waals surface area (Å²) in [6.07, 6.45) is 1.93. The van der Waals surface area contributed by atoms with Gasteiger partial charge in [-0.25, -0.2) is 0 Å². The van der Waals surface area contributed by atoms with E-state index in [2.05, 4.69) is 52.6 Å². The van der Waals surface area contributed by atoms with Crippen LogP contribution < -0.4 is 9.92 Å². The molecule has 0 heterocycles. The van der Waals surface area contributed by atoms with Gasteiger partial charge in [-0.1, -0.05) is 37.9 Å². The quantitative estimate of drug-likeness (QED) is 0.730. The predicted molar refractivity (Wildman–Crippen MR) is 75.4 cm³/mol. The zero-order chi connectivity index (χ0) is 12.3. The van der Waals surface area contributed by atoms with Gasteiger partial charge >= 0.3 is 0 Å². The molecule has 0 bridgehead atoms. The van der Waals surface area contributed by atoms with Gasteiger partial charge in [-0.3, -0.25) is 0 Å². The first-order valence-corrected chi connectivity index (χ1v) is 8.68. The SMILES string of the molecule is C=Cc1cccc(OC(C)(C)C)c1[SiH](C)C. The molecule has 0 radical (unpaired) electrons. The van der Waals surface area contributed by atoms with Gasteiger partial charge in [-0.05, 0) is 37.6 Å². The van der Waals surface area contributed by atoms with Gasteiger partial charge in [0, 0.05) is 0 Å². The first-order valence-electron chi connectivity index (χ1n) is 5.79. The summed E-state index contributed by atoms with van der Waals surface area (Å²) >= 11 is 0. The van der Waals surface area contributed by atoms with E-state index in [1.165, 1.54) is 10.8 Å². The van der Waals surface area contributed by atoms with Gasteiger partial charge in [0.1, 0.15) is 11.4 Å². The molecule has 0 aromatic heterocycles. The van der Waals surface area contributed by atoms with Gasteiger partial charge in [-0.15, -0.1) is 0 Å². The molecule has 0 atom stereocenters. The first kappa shape index (κ1) is 13.0. The third kappa shape index (κ3) is 3.24. The Labute approximate surface area is 101 Å². The van der Waals surface area contributed by atoms with Crippen molar-refractivity contribution in [3.63, 3.8) is 0 Å². The monoisotopic (exact) mass is 234 g/mol. The van der Waals surface area contributed by atoms with E-state index >= 15 is 0 Å². The summed E-state index contributed by atoms with van der Waals surface area (Å²) in [4.78, 5) is 0. The zero-order valence-electron chi connectivity index (χ0n) is 11.0. The van der Waals surface area contributed by atoms with Gasteiger partial charge in [0.25, 0.3) is 0 Å². The molecular weight excluding hydrogens is 212 g/mol. The van der Waals surface area contributed by atoms with Crippen molar-refractivity contribution >= 4 is 20.1 Å². The van der Waals surface area contributed by atoms with Crippen LogP contribution in [0.1, 0.15) is 26.3 Å². The summed E-state index contributed by atoms with van der Waals surface area (Å²) in [6.45, 7) is 14.8. The Morgan fingerprint density at radius 1 is 1.25 bits per heavy atom. The fourth-order valence-corrected chi connectivity index (χ4v) is 3.38. The van der Waals surface area contributed by atoms with Crippen LogP contribution >= 0.6 is 0 Å². The van der Waals surface area contributed by atoms with E-state index in [0.29, 0.717) is 0 Å². The Kier molecular flexibility index (Phi) is 3.97. The van der Waals surface area contributed by atoms with E-state index in [1.807, 2.05) is 12.1 Å². The van der Waals surface area contributed by atoms with Crippen molar-refractivity contribution in [3.8, 4) is 5.75 Å². The predicted octanol–water partition coefficient (Wildman–Crippen LogP) is 3.20. The molecule has 1 aromatic carbocycles. The number of hydrogen-bond acceptors (Lipinski definition) is 1. The Balaban J connectivity index is 3.22. The maximum Gasteiger partial charge on any atom is 0.119 e. The lowest BCUT2D eigenvalue weighted by molar-refractivity contribution is 0.132. The molecule has 0 saturated carbocycles. The van der Waals surface area contributed by atoms with E-state index < -0.39 is 8.80 Å². The van der Waals surface area contributed by atoms with Gasteiger partial charge in [0.2, 0.25) is 0 Å². The van der Waals surface area contributed by atoms with Crippen LogP contribution in [-0.4, -0.2) is 14.4 Å². The highest BCUT2D eigenvalue weighted by atomic mass is 28.3. The van der Waals surface area contributed by atoms with Gasteiger partial charge < -0.3 is 4.74 Å². The molecule has 0 aliphatic heterocycles. The minimum absolute atomic E-state index is 0.141. The molecule has 0 amide bonds. The van der Waals surface area contributed by atoms with Crippen LogP contribution in [0.25, 0.3) is 6.08 Å². The molecule has 0 fully saturated rings. The summed E-state index contributed by atoms with van der Waals surface area (Å²) in [7, 11) is -0.911. The largest absolute Gasteiger partial charge is 0.488 e. The Bertz CT molecular complexity index is 375. The summed E-state index contributed by atoms with van der Waals surface area (Å²) in [5, 5.41) is 1.38. The second kappa shape index (κ2) is 4.87. The Morgan fingerprint density at radius 2 is 1.88 bits per heavy atom. The van der Waals surface area contributed by atoms with Gasteiger partial charge in [0.15, 0.2) is 0 Å². The van der Waals surface area contributed by atoms with E-state index in [0.717, 1.165) is 5.75 Å². The second-order valence-electron chi connectivity index (χ2n) is 5.33. The fourth-order valence-electron chi connectivity index (χ4n) is 1.78. The number of rotatable bonds is 3. The number of hydrogen-bond donors (Lipinski definition) is 0. The molecule has 16 heavy (non-hydrogen) atoms. The van der Waals surface area contributed by atoms with Gasteiger partial charge in [0.05, 0.1) is 8.80 Å². The van der Waals surface area contributed by atoms with Gasteiger partial charge in [-0.2, -0.15) is 0 Å². The molecule has 2 heteroatoms. The molecule has 0 aliphatic carbocycles. The topological polar surface area (TPSA) is 9.23 Å². The van der Waals surface area contributed by atoms with Crippen molar-refractivity contribution in [1.82, 2.24) is 0 Å². The van der Waals surface area contributed by atoms with Crippen molar-refractivity contribution < 1.29 is 4.74 Å². The normalized spacial score (nSPS) is 11.6. The second-order valence-corrected chi connectivity index (χ2v) is 8.22. The first-order chi connectivity index (χ1) is 7.35. The molecule has 0 saturated heterocycles. The van der Waals surface area contributed by atoms with Crippen molar-refractivity contribution in [2.45, 2.75) is 39.5 Å². The Hall–Kier alpha value is -1.02. The lowest BCUT2D eigenvalue weighted by Crippen LogP contribution is -2.32. The summed E-state index contributed by atoms with van der Waals surface area (Å²) in [6, 6.07) is 6.23. The highest BCUT2D eigenvalue weighted by molar-refractivity contribution is 6.72. The van der Waals surface area contributed by atoms with E-state index in [4.69, 9.17) is 4.74 Å². The van der Waals surface area contributed by atoms with E-state index in [1.54, 1.807) is 0 Å². The molecule has 0 unspecified atom stereocenters. The molecule has 0 N–H and O–H groups in total. The highest BCUT2D eigenvalue weighted by Crippen LogP contribution is 2.19. The fraction of sp³-hybridized carbons (Fsp3) is 0.429. The maximum absolute atomic E-state index is 6.02. The minimum Gasteiger partial charge on any atom is -0.488 e. The number of ether oxygens (including phenoxy) is 1. The van der Waals surface area contributed by atoms with Crippen molar-refractivity contribution in [3.05, 3.63) is 30.3 Å². The average molecular weight is 234 g/mol. The number of benzene rings is 1. The zero-order valence-corrected chi connectivity index (χ0v) is 12.2. The van der Waals surface area contributed by atoms with E-state index in [-0.39, 0.29) is 5.60 Å². The summed E-state index contributed by atoms with van der Waals surface area (Å²) in [5.74, 6) is 1.03. The molecule has 88 valence electrons.